The number of hydrogen-bond donors (Lipinski definition) is 6. The Bertz CT molecular complexity index is 873. The van der Waals surface area contributed by atoms with Crippen LogP contribution in [0.3, 0.4) is 0 Å². The zero-order chi connectivity index (χ0) is 26.8. The number of carbonyl (C=O) groups excluding carboxylic acids is 2. The molecule has 0 unspecified atom stereocenters. The number of rotatable bonds is 13. The van der Waals surface area contributed by atoms with Gasteiger partial charge in [0.25, 0.3) is 0 Å². The summed E-state index contributed by atoms with van der Waals surface area (Å²) in [7, 11) is 0. The summed E-state index contributed by atoms with van der Waals surface area (Å²) in [6.07, 6.45) is -2.24. The van der Waals surface area contributed by atoms with Crippen LogP contribution in [0, 0.1) is 11.8 Å². The van der Waals surface area contributed by atoms with E-state index >= 15 is 0 Å². The molecule has 0 aliphatic rings. The average molecular weight is 572 g/mol. The quantitative estimate of drug-likeness (QED) is 0.216. The maximum atomic E-state index is 12.8. The summed E-state index contributed by atoms with van der Waals surface area (Å²) < 4.78 is 0. The summed E-state index contributed by atoms with van der Waals surface area (Å²) in [6, 6.07) is 15.5. The number of hydrogen-bond acceptors (Lipinski definition) is 6. The van der Waals surface area contributed by atoms with Gasteiger partial charge in [0.2, 0.25) is 11.8 Å². The van der Waals surface area contributed by atoms with Crippen molar-refractivity contribution in [2.45, 2.75) is 76.9 Å². The maximum Gasteiger partial charge on any atom is 0.237 e. The van der Waals surface area contributed by atoms with E-state index in [1.807, 2.05) is 88.4 Å². The predicted octanol–water partition coefficient (Wildman–Crippen LogP) is 1.97. The molecular weight excluding hydrogens is 527 g/mol. The Balaban J connectivity index is 0.00000684. The molecule has 0 fully saturated rings. The molecule has 0 saturated heterocycles. The Kier molecular flexibility index (Phi) is 16.4. The van der Waals surface area contributed by atoms with Crippen molar-refractivity contribution in [2.75, 3.05) is 0 Å². The Morgan fingerprint density at radius 2 is 0.947 bits per heavy atom. The molecule has 0 heterocycles. The molecule has 8 N–H and O–H groups in total. The monoisotopic (exact) mass is 570 g/mol. The molecule has 0 radical (unpaired) electrons. The van der Waals surface area contributed by atoms with Crippen molar-refractivity contribution in [2.24, 2.45) is 23.3 Å². The molecule has 0 aliphatic heterocycles. The zero-order valence-electron chi connectivity index (χ0n) is 22.5. The molecule has 6 atom stereocenters. The van der Waals surface area contributed by atoms with E-state index in [2.05, 4.69) is 10.6 Å². The van der Waals surface area contributed by atoms with Crippen LogP contribution >= 0.6 is 24.8 Å². The standard InChI is InChI=1S/C28H42N4O4.2ClH/c1-17(2)23(29)27(35)31-21(15-19-11-7-5-8-12-19)25(33)26(34)22(16-20-13-9-6-10-14-20)32-28(36)24(30)18(3)4;;/h5-14,17-18,21-26,33-34H,15-16,29-30H2,1-4H3,(H,31,35)(H,32,36);2*1H/t21-,22-,23-,24-,25-,26-;;/m0../s1. The van der Waals surface area contributed by atoms with Crippen LogP contribution in [0.25, 0.3) is 0 Å². The second-order valence-electron chi connectivity index (χ2n) is 10.1. The smallest absolute Gasteiger partial charge is 0.237 e. The predicted molar refractivity (Wildman–Crippen MR) is 156 cm³/mol. The zero-order valence-corrected chi connectivity index (χ0v) is 24.1. The van der Waals surface area contributed by atoms with Gasteiger partial charge in [-0.05, 0) is 35.8 Å². The first-order valence-corrected chi connectivity index (χ1v) is 12.6. The van der Waals surface area contributed by atoms with E-state index in [4.69, 9.17) is 11.5 Å². The molecule has 2 rings (SSSR count). The molecule has 0 aliphatic carbocycles. The third-order valence-corrected chi connectivity index (χ3v) is 6.47. The molecular formula is C28H44Cl2N4O4. The summed E-state index contributed by atoms with van der Waals surface area (Å²) >= 11 is 0. The molecule has 2 amide bonds. The van der Waals surface area contributed by atoms with Crippen LogP contribution in [0.4, 0.5) is 0 Å². The number of halogens is 2. The van der Waals surface area contributed by atoms with Gasteiger partial charge in [-0.3, -0.25) is 9.59 Å². The lowest BCUT2D eigenvalue weighted by Crippen LogP contribution is -2.60. The van der Waals surface area contributed by atoms with Gasteiger partial charge < -0.3 is 32.3 Å². The normalized spacial score (nSPS) is 15.7. The molecule has 2 aromatic carbocycles. The van der Waals surface area contributed by atoms with E-state index in [-0.39, 0.29) is 49.5 Å². The first-order chi connectivity index (χ1) is 17.0. The minimum atomic E-state index is -1.39. The van der Waals surface area contributed by atoms with E-state index in [0.29, 0.717) is 0 Å². The third-order valence-electron chi connectivity index (χ3n) is 6.47. The van der Waals surface area contributed by atoms with Crippen molar-refractivity contribution in [1.29, 1.82) is 0 Å². The fourth-order valence-corrected chi connectivity index (χ4v) is 3.89. The molecule has 10 heteroatoms. The highest BCUT2D eigenvalue weighted by Crippen LogP contribution is 2.16. The third kappa shape index (κ3) is 10.9. The summed E-state index contributed by atoms with van der Waals surface area (Å²) in [4.78, 5) is 25.6. The summed E-state index contributed by atoms with van der Waals surface area (Å²) in [5, 5.41) is 28.3. The van der Waals surface area contributed by atoms with Gasteiger partial charge in [0.1, 0.15) is 12.2 Å². The average Bonchev–Trinajstić information content (AvgIpc) is 2.86. The summed E-state index contributed by atoms with van der Waals surface area (Å²) in [5.41, 5.74) is 13.8. The highest BCUT2D eigenvalue weighted by Gasteiger charge is 2.36. The summed E-state index contributed by atoms with van der Waals surface area (Å²) in [6.45, 7) is 7.35. The van der Waals surface area contributed by atoms with Crippen LogP contribution < -0.4 is 22.1 Å². The minimum absolute atomic E-state index is 0. The van der Waals surface area contributed by atoms with Gasteiger partial charge >= 0.3 is 0 Å². The van der Waals surface area contributed by atoms with Crippen molar-refractivity contribution >= 4 is 36.6 Å². The van der Waals surface area contributed by atoms with Crippen molar-refractivity contribution in [3.63, 3.8) is 0 Å². The van der Waals surface area contributed by atoms with E-state index in [0.717, 1.165) is 11.1 Å². The Labute approximate surface area is 238 Å². The fourth-order valence-electron chi connectivity index (χ4n) is 3.89. The van der Waals surface area contributed by atoms with Crippen molar-refractivity contribution in [3.05, 3.63) is 71.8 Å². The molecule has 2 aromatic rings. The highest BCUT2D eigenvalue weighted by molar-refractivity contribution is 5.85. The molecule has 8 nitrogen and oxygen atoms in total. The van der Waals surface area contributed by atoms with Crippen molar-refractivity contribution in [3.8, 4) is 0 Å². The van der Waals surface area contributed by atoms with Gasteiger partial charge in [0.15, 0.2) is 0 Å². The number of carbonyl (C=O) groups is 2. The molecule has 0 saturated carbocycles. The second kappa shape index (κ2) is 17.4. The lowest BCUT2D eigenvalue weighted by atomic mass is 9.90. The largest absolute Gasteiger partial charge is 0.388 e. The van der Waals surface area contributed by atoms with Gasteiger partial charge in [0.05, 0.1) is 24.2 Å². The second-order valence-corrected chi connectivity index (χ2v) is 10.1. The SMILES string of the molecule is CC(C)[C@H](N)C(=O)N[C@@H](Cc1ccccc1)[C@H](O)[C@@H](O)[C@H](Cc1ccccc1)NC(=O)[C@@H](N)C(C)C.Cl.Cl. The van der Waals surface area contributed by atoms with Crippen molar-refractivity contribution < 1.29 is 19.8 Å². The van der Waals surface area contributed by atoms with Crippen LogP contribution in [0.5, 0.6) is 0 Å². The van der Waals surface area contributed by atoms with Crippen LogP contribution in [0.15, 0.2) is 60.7 Å². The van der Waals surface area contributed by atoms with Crippen LogP contribution in [0.2, 0.25) is 0 Å². The lowest BCUT2D eigenvalue weighted by molar-refractivity contribution is -0.128. The Morgan fingerprint density at radius 3 is 1.21 bits per heavy atom. The number of nitrogens with one attached hydrogen (secondary N) is 2. The van der Waals surface area contributed by atoms with E-state index in [1.165, 1.54) is 0 Å². The van der Waals surface area contributed by atoms with E-state index in [1.54, 1.807) is 0 Å². The molecule has 214 valence electrons. The number of aliphatic hydroxyl groups is 2. The van der Waals surface area contributed by atoms with Gasteiger partial charge in [-0.25, -0.2) is 0 Å². The summed E-state index contributed by atoms with van der Waals surface area (Å²) in [5.74, 6) is -1.04. The fraction of sp³-hybridized carbons (Fsp3) is 0.500. The number of aliphatic hydroxyl groups excluding tert-OH is 2. The number of benzene rings is 2. The van der Waals surface area contributed by atoms with Gasteiger partial charge in [-0.2, -0.15) is 0 Å². The van der Waals surface area contributed by atoms with Gasteiger partial charge in [0, 0.05) is 0 Å². The molecule has 0 spiro atoms. The van der Waals surface area contributed by atoms with E-state index in [9.17, 15) is 19.8 Å². The van der Waals surface area contributed by atoms with Gasteiger partial charge in [-0.1, -0.05) is 88.4 Å². The van der Waals surface area contributed by atoms with E-state index < -0.39 is 48.2 Å². The molecule has 38 heavy (non-hydrogen) atoms. The van der Waals surface area contributed by atoms with Crippen LogP contribution in [-0.2, 0) is 22.4 Å². The van der Waals surface area contributed by atoms with Crippen molar-refractivity contribution in [1.82, 2.24) is 10.6 Å². The lowest BCUT2D eigenvalue weighted by Gasteiger charge is -2.34. The first-order valence-electron chi connectivity index (χ1n) is 12.6. The maximum absolute atomic E-state index is 12.8. The Hall–Kier alpha value is -2.20. The topological polar surface area (TPSA) is 151 Å². The van der Waals surface area contributed by atoms with Crippen LogP contribution in [-0.4, -0.2) is 58.4 Å². The number of amides is 2. The Morgan fingerprint density at radius 1 is 0.658 bits per heavy atom. The first kappa shape index (κ1) is 35.8. The molecule has 0 aromatic heterocycles. The highest BCUT2D eigenvalue weighted by atomic mass is 35.5. The number of nitrogens with two attached hydrogens (primary N) is 2. The minimum Gasteiger partial charge on any atom is -0.388 e. The van der Waals surface area contributed by atoms with Gasteiger partial charge in [-0.15, -0.1) is 24.8 Å². The molecule has 0 bridgehead atoms. The van der Waals surface area contributed by atoms with Crippen LogP contribution in [0.1, 0.15) is 38.8 Å².